The molecule has 0 aliphatic heterocycles. The molecule has 0 saturated heterocycles. The number of halogens is 1. The number of amides is 1. The van der Waals surface area contributed by atoms with Crippen LogP contribution in [0.1, 0.15) is 18.1 Å². The normalized spacial score (nSPS) is 11.7. The Hall–Kier alpha value is -2.91. The number of hydrogen-bond donors (Lipinski definition) is 1. The van der Waals surface area contributed by atoms with Gasteiger partial charge in [0.15, 0.2) is 11.6 Å². The summed E-state index contributed by atoms with van der Waals surface area (Å²) in [6.07, 6.45) is 0. The minimum atomic E-state index is -0.434. The number of methoxy groups -OCH3 is 1. The summed E-state index contributed by atoms with van der Waals surface area (Å²) < 4.78 is 18.7. The number of rotatable bonds is 6. The molecule has 1 amide bonds. The van der Waals surface area contributed by atoms with Gasteiger partial charge in [-0.1, -0.05) is 12.1 Å². The predicted molar refractivity (Wildman–Crippen MR) is 93.7 cm³/mol. The van der Waals surface area contributed by atoms with E-state index in [2.05, 4.69) is 5.32 Å². The third-order valence-electron chi connectivity index (χ3n) is 3.95. The molecule has 0 bridgehead atoms. The number of nitrogens with zero attached hydrogens (tertiary/aromatic N) is 2. The molecule has 2 aromatic carbocycles. The van der Waals surface area contributed by atoms with Gasteiger partial charge >= 0.3 is 0 Å². The smallest absolute Gasteiger partial charge is 0.241 e. The molecular formula is C19H20FN3O2. The molecule has 0 heterocycles. The number of anilines is 1. The summed E-state index contributed by atoms with van der Waals surface area (Å²) in [6.45, 7) is 2.18. The zero-order chi connectivity index (χ0) is 18.4. The molecule has 1 unspecified atom stereocenters. The standard InChI is InChI=1S/C19H20FN3O2/c1-13(19(24)22-16-6-4-5-14(9-16)11-21)23(2)12-15-7-8-18(25-3)17(20)10-15/h4-10,13H,12H2,1-3H3,(H,22,24). The molecule has 0 aliphatic carbocycles. The Morgan fingerprint density at radius 2 is 2.12 bits per heavy atom. The fourth-order valence-electron chi connectivity index (χ4n) is 2.35. The van der Waals surface area contributed by atoms with E-state index in [0.29, 0.717) is 17.8 Å². The molecule has 0 saturated carbocycles. The van der Waals surface area contributed by atoms with Gasteiger partial charge in [-0.05, 0) is 49.9 Å². The number of benzene rings is 2. The van der Waals surface area contributed by atoms with Gasteiger partial charge < -0.3 is 10.1 Å². The topological polar surface area (TPSA) is 65.4 Å². The minimum Gasteiger partial charge on any atom is -0.494 e. The first-order valence-corrected chi connectivity index (χ1v) is 7.78. The molecule has 0 aliphatic rings. The average Bonchev–Trinajstić information content (AvgIpc) is 2.61. The lowest BCUT2D eigenvalue weighted by molar-refractivity contribution is -0.120. The molecule has 1 N–H and O–H groups in total. The van der Waals surface area contributed by atoms with Gasteiger partial charge in [-0.25, -0.2) is 4.39 Å². The molecule has 0 radical (unpaired) electrons. The van der Waals surface area contributed by atoms with E-state index in [-0.39, 0.29) is 11.7 Å². The molecule has 0 aromatic heterocycles. The summed E-state index contributed by atoms with van der Waals surface area (Å²) >= 11 is 0. The summed E-state index contributed by atoms with van der Waals surface area (Å²) in [4.78, 5) is 14.2. The SMILES string of the molecule is COc1ccc(CN(C)C(C)C(=O)Nc2cccc(C#N)c2)cc1F. The molecule has 0 spiro atoms. The molecule has 2 aromatic rings. The number of hydrogen-bond acceptors (Lipinski definition) is 4. The van der Waals surface area contributed by atoms with Crippen molar-refractivity contribution in [1.82, 2.24) is 4.90 Å². The van der Waals surface area contributed by atoms with Gasteiger partial charge in [0, 0.05) is 12.2 Å². The molecule has 1 atom stereocenters. The van der Waals surface area contributed by atoms with Crippen molar-refractivity contribution in [1.29, 1.82) is 5.26 Å². The van der Waals surface area contributed by atoms with Crippen LogP contribution in [0.15, 0.2) is 42.5 Å². The number of likely N-dealkylation sites (N-methyl/N-ethyl adjacent to an activating group) is 1. The summed E-state index contributed by atoms with van der Waals surface area (Å²) in [5, 5.41) is 11.7. The first kappa shape index (κ1) is 18.4. The van der Waals surface area contributed by atoms with Crippen molar-refractivity contribution < 1.29 is 13.9 Å². The minimum absolute atomic E-state index is 0.189. The number of nitrogens with one attached hydrogen (secondary N) is 1. The Bertz CT molecular complexity index is 801. The van der Waals surface area contributed by atoms with Crippen LogP contribution >= 0.6 is 0 Å². The van der Waals surface area contributed by atoms with Gasteiger partial charge in [-0.3, -0.25) is 9.69 Å². The van der Waals surface area contributed by atoms with Crippen LogP contribution in [0.25, 0.3) is 0 Å². The Morgan fingerprint density at radius 3 is 2.76 bits per heavy atom. The van der Waals surface area contributed by atoms with Crippen LogP contribution in [0.2, 0.25) is 0 Å². The highest BCUT2D eigenvalue weighted by atomic mass is 19.1. The van der Waals surface area contributed by atoms with Crippen molar-refractivity contribution in [2.24, 2.45) is 0 Å². The summed E-state index contributed by atoms with van der Waals surface area (Å²) in [6, 6.07) is 13.0. The van der Waals surface area contributed by atoms with E-state index in [0.717, 1.165) is 5.56 Å². The highest BCUT2D eigenvalue weighted by molar-refractivity contribution is 5.94. The van der Waals surface area contributed by atoms with E-state index >= 15 is 0 Å². The Kier molecular flexibility index (Phi) is 6.09. The van der Waals surface area contributed by atoms with Gasteiger partial charge in [0.1, 0.15) is 0 Å². The number of ether oxygens (including phenoxy) is 1. The van der Waals surface area contributed by atoms with Gasteiger partial charge in [0.2, 0.25) is 5.91 Å². The van der Waals surface area contributed by atoms with Gasteiger partial charge in [0.05, 0.1) is 24.8 Å². The average molecular weight is 341 g/mol. The van der Waals surface area contributed by atoms with E-state index in [1.165, 1.54) is 13.2 Å². The first-order valence-electron chi connectivity index (χ1n) is 7.78. The zero-order valence-corrected chi connectivity index (χ0v) is 14.4. The summed E-state index contributed by atoms with van der Waals surface area (Å²) in [5.41, 5.74) is 1.79. The Morgan fingerprint density at radius 1 is 1.36 bits per heavy atom. The quantitative estimate of drug-likeness (QED) is 0.876. The zero-order valence-electron chi connectivity index (χ0n) is 14.4. The van der Waals surface area contributed by atoms with E-state index < -0.39 is 11.9 Å². The lowest BCUT2D eigenvalue weighted by Crippen LogP contribution is -2.39. The van der Waals surface area contributed by atoms with Crippen LogP contribution in [-0.4, -0.2) is 31.0 Å². The highest BCUT2D eigenvalue weighted by Gasteiger charge is 2.19. The van der Waals surface area contributed by atoms with Gasteiger partial charge in [-0.2, -0.15) is 5.26 Å². The molecular weight excluding hydrogens is 321 g/mol. The van der Waals surface area contributed by atoms with Crippen molar-refractivity contribution in [3.63, 3.8) is 0 Å². The van der Waals surface area contributed by atoms with Crippen molar-refractivity contribution in [2.75, 3.05) is 19.5 Å². The van der Waals surface area contributed by atoms with E-state index in [9.17, 15) is 9.18 Å². The van der Waals surface area contributed by atoms with Gasteiger partial charge in [-0.15, -0.1) is 0 Å². The second-order valence-corrected chi connectivity index (χ2v) is 5.74. The maximum absolute atomic E-state index is 13.8. The van der Waals surface area contributed by atoms with Crippen LogP contribution in [0.4, 0.5) is 10.1 Å². The molecule has 25 heavy (non-hydrogen) atoms. The highest BCUT2D eigenvalue weighted by Crippen LogP contribution is 2.19. The Labute approximate surface area is 146 Å². The Balaban J connectivity index is 2.01. The second-order valence-electron chi connectivity index (χ2n) is 5.74. The third kappa shape index (κ3) is 4.78. The van der Waals surface area contributed by atoms with Crippen LogP contribution in [0.5, 0.6) is 5.75 Å². The van der Waals surface area contributed by atoms with Crippen molar-refractivity contribution in [3.8, 4) is 11.8 Å². The fourth-order valence-corrected chi connectivity index (χ4v) is 2.35. The number of nitriles is 1. The van der Waals surface area contributed by atoms with Crippen molar-refractivity contribution in [2.45, 2.75) is 19.5 Å². The van der Waals surface area contributed by atoms with Crippen LogP contribution in [0, 0.1) is 17.1 Å². The maximum Gasteiger partial charge on any atom is 0.241 e. The lowest BCUT2D eigenvalue weighted by Gasteiger charge is -2.24. The fraction of sp³-hybridized carbons (Fsp3) is 0.263. The number of carbonyl (C=O) groups is 1. The summed E-state index contributed by atoms with van der Waals surface area (Å²) in [5.74, 6) is -0.444. The largest absolute Gasteiger partial charge is 0.494 e. The van der Waals surface area contributed by atoms with Crippen molar-refractivity contribution in [3.05, 3.63) is 59.4 Å². The molecule has 2 rings (SSSR count). The van der Waals surface area contributed by atoms with Crippen LogP contribution < -0.4 is 10.1 Å². The second kappa shape index (κ2) is 8.27. The summed E-state index contributed by atoms with van der Waals surface area (Å²) in [7, 11) is 3.20. The molecule has 5 nitrogen and oxygen atoms in total. The monoisotopic (exact) mass is 341 g/mol. The molecule has 0 fully saturated rings. The van der Waals surface area contributed by atoms with E-state index in [1.54, 1.807) is 50.4 Å². The molecule has 130 valence electrons. The maximum atomic E-state index is 13.8. The van der Waals surface area contributed by atoms with Crippen LogP contribution in [0.3, 0.4) is 0 Å². The van der Waals surface area contributed by atoms with Crippen molar-refractivity contribution >= 4 is 11.6 Å². The first-order chi connectivity index (χ1) is 11.9. The molecule has 6 heteroatoms. The van der Waals surface area contributed by atoms with Gasteiger partial charge in [0.25, 0.3) is 0 Å². The van der Waals surface area contributed by atoms with Crippen LogP contribution in [-0.2, 0) is 11.3 Å². The van der Waals surface area contributed by atoms with E-state index in [1.807, 2.05) is 11.0 Å². The third-order valence-corrected chi connectivity index (χ3v) is 3.95. The lowest BCUT2D eigenvalue weighted by atomic mass is 10.1. The van der Waals surface area contributed by atoms with E-state index in [4.69, 9.17) is 10.00 Å². The predicted octanol–water partition coefficient (Wildman–Crippen LogP) is 3.16. The number of carbonyl (C=O) groups excluding carboxylic acids is 1.